The molecule has 2 rings (SSSR count). The Morgan fingerprint density at radius 2 is 1.94 bits per heavy atom. The molecule has 5 nitrogen and oxygen atoms in total. The van der Waals surface area contributed by atoms with E-state index in [1.54, 1.807) is 12.1 Å². The molecule has 0 fully saturated rings. The van der Waals surface area contributed by atoms with Crippen molar-refractivity contribution in [1.82, 2.24) is 4.90 Å². The van der Waals surface area contributed by atoms with Crippen LogP contribution in [0.3, 0.4) is 0 Å². The highest BCUT2D eigenvalue weighted by Gasteiger charge is 2.42. The van der Waals surface area contributed by atoms with E-state index >= 15 is 0 Å². The minimum Gasteiger partial charge on any atom is -0.392 e. The molecule has 92 valence electrons. The summed E-state index contributed by atoms with van der Waals surface area (Å²) in [6, 6.07) is 8.59. The maximum Gasteiger partial charge on any atom is 0.505 e. The number of urea groups is 1. The average molecular weight is 262 g/mol. The van der Waals surface area contributed by atoms with Crippen molar-refractivity contribution in [3.8, 4) is 0 Å². The van der Waals surface area contributed by atoms with Gasteiger partial charge in [0.25, 0.3) is 0 Å². The second-order valence-electron chi connectivity index (χ2n) is 3.91. The molecule has 1 atom stereocenters. The highest BCUT2D eigenvalue weighted by atomic mass is 32.1. The van der Waals surface area contributed by atoms with Crippen molar-refractivity contribution in [2.75, 3.05) is 7.05 Å². The molecule has 1 heterocycles. The second kappa shape index (κ2) is 4.66. The molecule has 1 aliphatic rings. The zero-order valence-corrected chi connectivity index (χ0v) is 10.6. The number of rotatable bonds is 2. The SMILES string of the molecule is CN1C(=O)C(C(N)=S)C=[N+](c2ccccc2)C1=O. The smallest absolute Gasteiger partial charge is 0.392 e. The number of hydrogen-bond donors (Lipinski definition) is 1. The zero-order chi connectivity index (χ0) is 13.3. The summed E-state index contributed by atoms with van der Waals surface area (Å²) in [6.45, 7) is 0. The number of thiocarbonyl (C=S) groups is 1. The fourth-order valence-corrected chi connectivity index (χ4v) is 1.88. The number of imide groups is 1. The number of carbonyl (C=O) groups excluding carboxylic acids is 2. The van der Waals surface area contributed by atoms with E-state index in [-0.39, 0.29) is 4.99 Å². The molecule has 1 aromatic rings. The Bertz CT molecular complexity index is 554. The van der Waals surface area contributed by atoms with Gasteiger partial charge in [-0.25, -0.2) is 4.79 Å². The molecule has 6 heteroatoms. The lowest BCUT2D eigenvalue weighted by Crippen LogP contribution is -2.51. The van der Waals surface area contributed by atoms with Crippen molar-refractivity contribution in [3.05, 3.63) is 30.3 Å². The van der Waals surface area contributed by atoms with Crippen LogP contribution in [0.15, 0.2) is 30.3 Å². The number of amides is 3. The number of nitrogens with two attached hydrogens (primary N) is 1. The van der Waals surface area contributed by atoms with Gasteiger partial charge in [0, 0.05) is 0 Å². The molecular formula is C12H12N3O2S+. The Morgan fingerprint density at radius 3 is 2.50 bits per heavy atom. The first-order valence-electron chi connectivity index (χ1n) is 5.32. The van der Waals surface area contributed by atoms with E-state index in [0.29, 0.717) is 5.69 Å². The molecule has 2 N–H and O–H groups in total. The summed E-state index contributed by atoms with van der Waals surface area (Å²) in [7, 11) is 1.42. The van der Waals surface area contributed by atoms with Gasteiger partial charge in [-0.15, -0.1) is 0 Å². The van der Waals surface area contributed by atoms with E-state index in [9.17, 15) is 9.59 Å². The van der Waals surface area contributed by atoms with Crippen LogP contribution in [-0.4, -0.2) is 39.7 Å². The molecule has 1 aliphatic heterocycles. The normalized spacial score (nSPS) is 19.7. The lowest BCUT2D eigenvalue weighted by molar-refractivity contribution is -0.342. The van der Waals surface area contributed by atoms with E-state index in [0.717, 1.165) is 4.90 Å². The number of carbonyl (C=O) groups is 2. The molecular weight excluding hydrogens is 250 g/mol. The summed E-state index contributed by atoms with van der Waals surface area (Å²) in [5, 5.41) is 0. The average Bonchev–Trinajstić information content (AvgIpc) is 2.37. The van der Waals surface area contributed by atoms with Gasteiger partial charge in [0.1, 0.15) is 5.69 Å². The van der Waals surface area contributed by atoms with Crippen LogP contribution < -0.4 is 5.73 Å². The topological polar surface area (TPSA) is 66.4 Å². The van der Waals surface area contributed by atoms with Crippen molar-refractivity contribution in [2.45, 2.75) is 0 Å². The lowest BCUT2D eigenvalue weighted by Gasteiger charge is -2.19. The summed E-state index contributed by atoms with van der Waals surface area (Å²) in [5.74, 6) is -1.15. The van der Waals surface area contributed by atoms with Crippen LogP contribution in [0.1, 0.15) is 0 Å². The molecule has 0 saturated carbocycles. The standard InChI is InChI=1S/C12H11N3O2S/c1-14-11(16)9(10(13)18)7-15(12(14)17)8-5-3-2-4-6-8/h2-7,9H,1H3,(H-,13,18)/p+1. The van der Waals surface area contributed by atoms with Gasteiger partial charge < -0.3 is 5.73 Å². The minimum atomic E-state index is -0.747. The molecule has 1 unspecified atom stereocenters. The van der Waals surface area contributed by atoms with E-state index < -0.39 is 17.9 Å². The van der Waals surface area contributed by atoms with Crippen LogP contribution in [0.4, 0.5) is 10.5 Å². The predicted octanol–water partition coefficient (Wildman–Crippen LogP) is 0.896. The zero-order valence-electron chi connectivity index (χ0n) is 9.74. The van der Waals surface area contributed by atoms with E-state index in [2.05, 4.69) is 0 Å². The summed E-state index contributed by atoms with van der Waals surface area (Å²) in [5.41, 5.74) is 6.19. The molecule has 18 heavy (non-hydrogen) atoms. The number of para-hydroxylation sites is 1. The van der Waals surface area contributed by atoms with Crippen molar-refractivity contribution in [1.29, 1.82) is 0 Å². The van der Waals surface area contributed by atoms with E-state index in [4.69, 9.17) is 18.0 Å². The van der Waals surface area contributed by atoms with Gasteiger partial charge in [-0.2, -0.15) is 14.3 Å². The van der Waals surface area contributed by atoms with Gasteiger partial charge in [0.2, 0.25) is 0 Å². The van der Waals surface area contributed by atoms with E-state index in [1.165, 1.54) is 17.8 Å². The molecule has 0 bridgehead atoms. The minimum absolute atomic E-state index is 0.0558. The van der Waals surface area contributed by atoms with Crippen LogP contribution in [0.2, 0.25) is 0 Å². The quantitative estimate of drug-likeness (QED) is 0.635. The first-order chi connectivity index (χ1) is 8.52. The molecule has 0 spiro atoms. The van der Waals surface area contributed by atoms with Gasteiger partial charge >= 0.3 is 11.9 Å². The van der Waals surface area contributed by atoms with Crippen LogP contribution >= 0.6 is 12.2 Å². The van der Waals surface area contributed by atoms with Gasteiger partial charge in [0.15, 0.2) is 5.92 Å². The summed E-state index contributed by atoms with van der Waals surface area (Å²) >= 11 is 4.85. The number of nitrogens with zero attached hydrogens (tertiary/aromatic N) is 2. The molecule has 0 radical (unpaired) electrons. The Kier molecular flexibility index (Phi) is 3.20. The maximum absolute atomic E-state index is 12.0. The third kappa shape index (κ3) is 2.02. The third-order valence-corrected chi connectivity index (χ3v) is 2.98. The fourth-order valence-electron chi connectivity index (χ4n) is 1.72. The summed E-state index contributed by atoms with van der Waals surface area (Å²) in [4.78, 5) is 24.9. The van der Waals surface area contributed by atoms with Crippen LogP contribution in [0.5, 0.6) is 0 Å². The van der Waals surface area contributed by atoms with Crippen molar-refractivity contribution in [3.63, 3.8) is 0 Å². The highest BCUT2D eigenvalue weighted by Crippen LogP contribution is 2.17. The van der Waals surface area contributed by atoms with Crippen molar-refractivity contribution in [2.24, 2.45) is 11.7 Å². The molecule has 3 amide bonds. The number of benzene rings is 1. The number of hydrogen-bond acceptors (Lipinski definition) is 3. The van der Waals surface area contributed by atoms with E-state index in [1.807, 2.05) is 18.2 Å². The molecule has 0 aromatic heterocycles. The van der Waals surface area contributed by atoms with Crippen LogP contribution in [0.25, 0.3) is 0 Å². The molecule has 0 aliphatic carbocycles. The fraction of sp³-hybridized carbons (Fsp3) is 0.167. The first-order valence-corrected chi connectivity index (χ1v) is 5.73. The van der Waals surface area contributed by atoms with Gasteiger partial charge in [-0.05, 0) is 12.1 Å². The predicted molar refractivity (Wildman–Crippen MR) is 70.9 cm³/mol. The summed E-state index contributed by atoms with van der Waals surface area (Å²) in [6.07, 6.45) is 1.46. The first kappa shape index (κ1) is 12.4. The monoisotopic (exact) mass is 262 g/mol. The van der Waals surface area contributed by atoms with Gasteiger partial charge in [0.05, 0.1) is 18.3 Å². The van der Waals surface area contributed by atoms with Gasteiger partial charge in [-0.3, -0.25) is 0 Å². The second-order valence-corrected chi connectivity index (χ2v) is 4.39. The Balaban J connectivity index is 2.51. The van der Waals surface area contributed by atoms with Crippen LogP contribution in [-0.2, 0) is 4.79 Å². The van der Waals surface area contributed by atoms with Gasteiger partial charge in [-0.1, -0.05) is 30.4 Å². The van der Waals surface area contributed by atoms with Crippen molar-refractivity contribution < 1.29 is 14.2 Å². The third-order valence-electron chi connectivity index (χ3n) is 2.73. The van der Waals surface area contributed by atoms with Crippen LogP contribution in [0, 0.1) is 5.92 Å². The Morgan fingerprint density at radius 1 is 1.33 bits per heavy atom. The lowest BCUT2D eigenvalue weighted by atomic mass is 10.1. The van der Waals surface area contributed by atoms with Crippen molar-refractivity contribution >= 4 is 41.0 Å². The summed E-state index contributed by atoms with van der Waals surface area (Å²) < 4.78 is 1.38. The Hall–Kier alpha value is -2.08. The maximum atomic E-state index is 12.0. The largest absolute Gasteiger partial charge is 0.505 e. The molecule has 1 aromatic carbocycles. The Labute approximate surface area is 110 Å². The highest BCUT2D eigenvalue weighted by molar-refractivity contribution is 7.80. The molecule has 0 saturated heterocycles.